The molecule has 3 heteroatoms. The topological polar surface area (TPSA) is 41.6 Å². The fourth-order valence-corrected chi connectivity index (χ4v) is 0.804. The van der Waals surface area contributed by atoms with E-state index < -0.39 is 0 Å². The summed E-state index contributed by atoms with van der Waals surface area (Å²) in [6, 6.07) is 0. The molecule has 0 bridgehead atoms. The maximum absolute atomic E-state index is 4.34. The van der Waals surface area contributed by atoms with E-state index in [0.717, 1.165) is 11.6 Å². The number of nitrogens with one attached hydrogen (secondary N) is 1. The first-order valence-corrected chi connectivity index (χ1v) is 4.03. The van der Waals surface area contributed by atoms with Crippen molar-refractivity contribution in [2.24, 2.45) is 0 Å². The van der Waals surface area contributed by atoms with Gasteiger partial charge in [0.2, 0.25) is 0 Å². The molecule has 1 aromatic heterocycles. The van der Waals surface area contributed by atoms with Crippen LogP contribution in [0.4, 0.5) is 0 Å². The van der Waals surface area contributed by atoms with Crippen molar-refractivity contribution in [3.05, 3.63) is 11.6 Å². The third-order valence-electron chi connectivity index (χ3n) is 1.58. The van der Waals surface area contributed by atoms with E-state index in [4.69, 9.17) is 0 Å². The zero-order chi connectivity index (χ0) is 8.43. The van der Waals surface area contributed by atoms with Crippen molar-refractivity contribution in [1.82, 2.24) is 15.2 Å². The molecule has 0 saturated carbocycles. The predicted octanol–water partition coefficient (Wildman–Crippen LogP) is 2.30. The van der Waals surface area contributed by atoms with E-state index in [0.29, 0.717) is 11.8 Å². The quantitative estimate of drug-likeness (QED) is 0.712. The van der Waals surface area contributed by atoms with E-state index >= 15 is 0 Å². The molecule has 1 aromatic rings. The highest BCUT2D eigenvalue weighted by Gasteiger charge is 2.08. The SMILES string of the molecule is CC(C)c1n[nH]c(C(C)C)n1.[HH]. The number of nitrogens with zero attached hydrogens (tertiary/aromatic N) is 2. The van der Waals surface area contributed by atoms with Crippen LogP contribution in [0.5, 0.6) is 0 Å². The van der Waals surface area contributed by atoms with Crippen molar-refractivity contribution >= 4 is 0 Å². The van der Waals surface area contributed by atoms with Crippen molar-refractivity contribution < 1.29 is 1.43 Å². The van der Waals surface area contributed by atoms with Gasteiger partial charge in [-0.3, -0.25) is 5.10 Å². The second-order valence-electron chi connectivity index (χ2n) is 3.39. The van der Waals surface area contributed by atoms with Crippen LogP contribution in [0, 0.1) is 0 Å². The molecular weight excluding hydrogens is 138 g/mol. The number of aromatic nitrogens is 3. The molecule has 1 N–H and O–H groups in total. The lowest BCUT2D eigenvalue weighted by Crippen LogP contribution is -1.92. The largest absolute Gasteiger partial charge is 0.263 e. The number of hydrogen-bond acceptors (Lipinski definition) is 2. The van der Waals surface area contributed by atoms with Gasteiger partial charge < -0.3 is 0 Å². The van der Waals surface area contributed by atoms with Gasteiger partial charge in [0, 0.05) is 13.3 Å². The van der Waals surface area contributed by atoms with Crippen LogP contribution in [0.1, 0.15) is 52.6 Å². The number of rotatable bonds is 2. The van der Waals surface area contributed by atoms with Crippen LogP contribution in [0.25, 0.3) is 0 Å². The van der Waals surface area contributed by atoms with E-state index in [-0.39, 0.29) is 1.43 Å². The molecule has 0 unspecified atom stereocenters. The Bertz CT molecular complexity index is 207. The lowest BCUT2D eigenvalue weighted by Gasteiger charge is -1.96. The second kappa shape index (κ2) is 3.03. The summed E-state index contributed by atoms with van der Waals surface area (Å²) < 4.78 is 0. The lowest BCUT2D eigenvalue weighted by atomic mass is 10.2. The zero-order valence-electron chi connectivity index (χ0n) is 7.55. The molecule has 0 aliphatic heterocycles. The normalized spacial score (nSPS) is 11.5. The molecule has 11 heavy (non-hydrogen) atoms. The Morgan fingerprint density at radius 3 is 2.09 bits per heavy atom. The second-order valence-corrected chi connectivity index (χ2v) is 3.39. The average molecular weight is 155 g/mol. The molecule has 0 saturated heterocycles. The minimum absolute atomic E-state index is 0. The summed E-state index contributed by atoms with van der Waals surface area (Å²) in [5.41, 5.74) is 0. The first kappa shape index (κ1) is 8.24. The highest BCUT2D eigenvalue weighted by atomic mass is 15.2. The molecular formula is C8H17N3. The van der Waals surface area contributed by atoms with E-state index in [1.165, 1.54) is 0 Å². The highest BCUT2D eigenvalue weighted by Crippen LogP contribution is 2.12. The third kappa shape index (κ3) is 1.79. The van der Waals surface area contributed by atoms with Crippen molar-refractivity contribution in [1.29, 1.82) is 0 Å². The van der Waals surface area contributed by atoms with Gasteiger partial charge in [-0.05, 0) is 0 Å². The minimum atomic E-state index is 0. The van der Waals surface area contributed by atoms with Gasteiger partial charge >= 0.3 is 0 Å². The molecule has 3 nitrogen and oxygen atoms in total. The zero-order valence-corrected chi connectivity index (χ0v) is 7.55. The summed E-state index contributed by atoms with van der Waals surface area (Å²) in [6.07, 6.45) is 0. The maximum atomic E-state index is 4.34. The molecule has 0 spiro atoms. The first-order valence-electron chi connectivity index (χ1n) is 4.03. The van der Waals surface area contributed by atoms with Gasteiger partial charge in [-0.1, -0.05) is 27.7 Å². The van der Waals surface area contributed by atoms with E-state index in [9.17, 15) is 0 Å². The van der Waals surface area contributed by atoms with Crippen LogP contribution < -0.4 is 0 Å². The van der Waals surface area contributed by atoms with Gasteiger partial charge in [0.05, 0.1) is 0 Å². The van der Waals surface area contributed by atoms with E-state index in [1.54, 1.807) is 0 Å². The predicted molar refractivity (Wildman–Crippen MR) is 46.7 cm³/mol. The molecule has 0 fully saturated rings. The standard InChI is InChI=1S/C8H15N3.H2/c1-5(2)7-9-8(6(3)4)11-10-7;/h5-6H,1-4H3,(H,9,10,11);1H. The smallest absolute Gasteiger partial charge is 0.153 e. The molecule has 0 amide bonds. The van der Waals surface area contributed by atoms with Crippen LogP contribution >= 0.6 is 0 Å². The van der Waals surface area contributed by atoms with Crippen molar-refractivity contribution in [2.45, 2.75) is 39.5 Å². The van der Waals surface area contributed by atoms with Crippen LogP contribution in [-0.2, 0) is 0 Å². The number of hydrogen-bond donors (Lipinski definition) is 1. The number of H-pyrrole nitrogens is 1. The first-order chi connectivity index (χ1) is 5.11. The monoisotopic (exact) mass is 155 g/mol. The van der Waals surface area contributed by atoms with Crippen molar-refractivity contribution in [3.8, 4) is 0 Å². The van der Waals surface area contributed by atoms with Crippen molar-refractivity contribution in [2.75, 3.05) is 0 Å². The molecule has 0 aromatic carbocycles. The van der Waals surface area contributed by atoms with E-state index in [2.05, 4.69) is 42.9 Å². The summed E-state index contributed by atoms with van der Waals surface area (Å²) in [7, 11) is 0. The minimum Gasteiger partial charge on any atom is -0.263 e. The third-order valence-corrected chi connectivity index (χ3v) is 1.58. The number of aromatic amines is 1. The maximum Gasteiger partial charge on any atom is 0.153 e. The van der Waals surface area contributed by atoms with Crippen LogP contribution in [-0.4, -0.2) is 15.2 Å². The molecule has 1 rings (SSSR count). The fourth-order valence-electron chi connectivity index (χ4n) is 0.804. The fraction of sp³-hybridized carbons (Fsp3) is 0.750. The molecule has 0 aliphatic rings. The van der Waals surface area contributed by atoms with Crippen LogP contribution in [0.15, 0.2) is 0 Å². The molecule has 0 radical (unpaired) electrons. The Kier molecular flexibility index (Phi) is 2.27. The van der Waals surface area contributed by atoms with Gasteiger partial charge in [0.1, 0.15) is 5.82 Å². The summed E-state index contributed by atoms with van der Waals surface area (Å²) >= 11 is 0. The van der Waals surface area contributed by atoms with Gasteiger partial charge in [-0.2, -0.15) is 5.10 Å². The summed E-state index contributed by atoms with van der Waals surface area (Å²) in [6.45, 7) is 8.38. The summed E-state index contributed by atoms with van der Waals surface area (Å²) in [5.74, 6) is 2.75. The van der Waals surface area contributed by atoms with Crippen molar-refractivity contribution in [3.63, 3.8) is 0 Å². The Hall–Kier alpha value is -0.860. The molecule has 1 heterocycles. The molecule has 0 aliphatic carbocycles. The summed E-state index contributed by atoms with van der Waals surface area (Å²) in [5, 5.41) is 7.03. The average Bonchev–Trinajstić information content (AvgIpc) is 2.33. The Balaban J connectivity index is 0.00000121. The molecule has 64 valence electrons. The Morgan fingerprint density at radius 1 is 1.18 bits per heavy atom. The molecule has 0 atom stereocenters. The van der Waals surface area contributed by atoms with Crippen LogP contribution in [0.2, 0.25) is 0 Å². The summed E-state index contributed by atoms with van der Waals surface area (Å²) in [4.78, 5) is 4.34. The lowest BCUT2D eigenvalue weighted by molar-refractivity contribution is 0.770. The van der Waals surface area contributed by atoms with E-state index in [1.807, 2.05) is 0 Å². The van der Waals surface area contributed by atoms with Crippen LogP contribution in [0.3, 0.4) is 0 Å². The Morgan fingerprint density at radius 2 is 1.82 bits per heavy atom. The Labute approximate surface area is 68.7 Å². The van der Waals surface area contributed by atoms with Gasteiger partial charge in [0.15, 0.2) is 5.82 Å². The van der Waals surface area contributed by atoms with Gasteiger partial charge in [-0.25, -0.2) is 4.98 Å². The highest BCUT2D eigenvalue weighted by molar-refractivity contribution is 4.97. The van der Waals surface area contributed by atoms with Gasteiger partial charge in [0.25, 0.3) is 0 Å². The van der Waals surface area contributed by atoms with Gasteiger partial charge in [-0.15, -0.1) is 0 Å².